The fourth-order valence-electron chi connectivity index (χ4n) is 2.91. The number of hydrogen-bond acceptors (Lipinski definition) is 5. The highest BCUT2D eigenvalue weighted by Gasteiger charge is 2.15. The summed E-state index contributed by atoms with van der Waals surface area (Å²) in [5.41, 5.74) is 0.587. The van der Waals surface area contributed by atoms with Gasteiger partial charge in [0.1, 0.15) is 0 Å². The van der Waals surface area contributed by atoms with Crippen LogP contribution < -0.4 is 14.8 Å². The number of hydrogen-bond donors (Lipinski definition) is 1. The second-order valence-corrected chi connectivity index (χ2v) is 5.96. The summed E-state index contributed by atoms with van der Waals surface area (Å²) in [6.45, 7) is 9.59. The number of benzene rings is 1. The molecule has 0 unspecified atom stereocenters. The van der Waals surface area contributed by atoms with Crippen LogP contribution in [0.5, 0.6) is 11.5 Å². The summed E-state index contributed by atoms with van der Waals surface area (Å²) in [6.07, 6.45) is 0.963. The van der Waals surface area contributed by atoms with Gasteiger partial charge in [0.15, 0.2) is 11.5 Å². The quantitative estimate of drug-likeness (QED) is 0.729. The molecule has 1 aromatic rings. The van der Waals surface area contributed by atoms with Crippen LogP contribution in [0.2, 0.25) is 0 Å². The first-order valence-corrected chi connectivity index (χ1v) is 8.62. The molecule has 0 spiro atoms. The zero-order chi connectivity index (χ0) is 17.4. The Kier molecular flexibility index (Phi) is 7.34. The topological polar surface area (TPSA) is 54.0 Å². The van der Waals surface area contributed by atoms with Crippen molar-refractivity contribution in [3.05, 3.63) is 23.8 Å². The largest absolute Gasteiger partial charge is 0.493 e. The lowest BCUT2D eigenvalue weighted by molar-refractivity contribution is 0.0948. The first kappa shape index (κ1) is 18.5. The number of carbonyl (C=O) groups is 1. The van der Waals surface area contributed by atoms with Gasteiger partial charge >= 0.3 is 0 Å². The fraction of sp³-hybridized carbons (Fsp3) is 0.611. The number of carbonyl (C=O) groups excluding carboxylic acids is 1. The molecule has 1 fully saturated rings. The smallest absolute Gasteiger partial charge is 0.251 e. The summed E-state index contributed by atoms with van der Waals surface area (Å²) in [5, 5.41) is 2.97. The molecule has 0 atom stereocenters. The first-order valence-electron chi connectivity index (χ1n) is 8.62. The molecule has 24 heavy (non-hydrogen) atoms. The summed E-state index contributed by atoms with van der Waals surface area (Å²) in [7, 11) is 3.15. The van der Waals surface area contributed by atoms with Crippen molar-refractivity contribution in [2.24, 2.45) is 0 Å². The molecule has 0 saturated carbocycles. The van der Waals surface area contributed by atoms with Crippen LogP contribution >= 0.6 is 0 Å². The van der Waals surface area contributed by atoms with Gasteiger partial charge in [0.25, 0.3) is 5.91 Å². The SMILES string of the molecule is CCN1CCN(CCCNC(=O)c2ccc(OC)c(OC)c2)CC1. The zero-order valence-corrected chi connectivity index (χ0v) is 15.0. The summed E-state index contributed by atoms with van der Waals surface area (Å²) >= 11 is 0. The molecule has 0 aliphatic carbocycles. The minimum atomic E-state index is -0.0771. The molecular formula is C18H29N3O3. The Balaban J connectivity index is 1.72. The van der Waals surface area contributed by atoms with E-state index in [2.05, 4.69) is 22.0 Å². The minimum absolute atomic E-state index is 0.0771. The monoisotopic (exact) mass is 335 g/mol. The van der Waals surface area contributed by atoms with E-state index in [1.54, 1.807) is 32.4 Å². The predicted octanol–water partition coefficient (Wildman–Crippen LogP) is 1.46. The van der Waals surface area contributed by atoms with Gasteiger partial charge in [0.05, 0.1) is 14.2 Å². The van der Waals surface area contributed by atoms with Crippen molar-refractivity contribution in [3.8, 4) is 11.5 Å². The number of nitrogens with zero attached hydrogens (tertiary/aromatic N) is 2. The number of amides is 1. The van der Waals surface area contributed by atoms with Gasteiger partial charge in [-0.15, -0.1) is 0 Å². The number of ether oxygens (including phenoxy) is 2. The Morgan fingerprint density at radius 1 is 1.08 bits per heavy atom. The molecule has 0 aromatic heterocycles. The molecule has 6 heteroatoms. The van der Waals surface area contributed by atoms with Crippen molar-refractivity contribution >= 4 is 5.91 Å². The first-order chi connectivity index (χ1) is 11.7. The lowest BCUT2D eigenvalue weighted by Crippen LogP contribution is -2.46. The molecule has 0 radical (unpaired) electrons. The van der Waals surface area contributed by atoms with E-state index in [1.807, 2.05) is 0 Å². The number of likely N-dealkylation sites (N-methyl/N-ethyl adjacent to an activating group) is 1. The minimum Gasteiger partial charge on any atom is -0.493 e. The van der Waals surface area contributed by atoms with Crippen LogP contribution in [-0.4, -0.2) is 75.7 Å². The number of methoxy groups -OCH3 is 2. The molecule has 1 aliphatic rings. The van der Waals surface area contributed by atoms with Crippen LogP contribution in [0.4, 0.5) is 0 Å². The third-order valence-corrected chi connectivity index (χ3v) is 4.49. The molecule has 1 N–H and O–H groups in total. The van der Waals surface area contributed by atoms with E-state index in [4.69, 9.17) is 9.47 Å². The van der Waals surface area contributed by atoms with Crippen molar-refractivity contribution < 1.29 is 14.3 Å². The van der Waals surface area contributed by atoms with Gasteiger partial charge in [0, 0.05) is 38.3 Å². The highest BCUT2D eigenvalue weighted by Crippen LogP contribution is 2.27. The highest BCUT2D eigenvalue weighted by atomic mass is 16.5. The maximum Gasteiger partial charge on any atom is 0.251 e. The van der Waals surface area contributed by atoms with Crippen molar-refractivity contribution in [1.29, 1.82) is 0 Å². The standard InChI is InChI=1S/C18H29N3O3/c1-4-20-10-12-21(13-11-20)9-5-8-19-18(22)15-6-7-16(23-2)17(14-15)24-3/h6-7,14H,4-5,8-13H2,1-3H3,(H,19,22). The Morgan fingerprint density at radius 3 is 2.38 bits per heavy atom. The van der Waals surface area contributed by atoms with Crippen LogP contribution in [0, 0.1) is 0 Å². The van der Waals surface area contributed by atoms with Gasteiger partial charge in [-0.3, -0.25) is 4.79 Å². The van der Waals surface area contributed by atoms with Crippen LogP contribution in [0.25, 0.3) is 0 Å². The van der Waals surface area contributed by atoms with Crippen molar-refractivity contribution in [3.63, 3.8) is 0 Å². The van der Waals surface area contributed by atoms with Gasteiger partial charge in [0.2, 0.25) is 0 Å². The number of nitrogens with one attached hydrogen (secondary N) is 1. The maximum absolute atomic E-state index is 12.2. The predicted molar refractivity (Wildman–Crippen MR) is 95.1 cm³/mol. The Bertz CT molecular complexity index is 528. The molecule has 1 aliphatic heterocycles. The van der Waals surface area contributed by atoms with E-state index >= 15 is 0 Å². The second kappa shape index (κ2) is 9.49. The van der Waals surface area contributed by atoms with Crippen molar-refractivity contribution in [1.82, 2.24) is 15.1 Å². The van der Waals surface area contributed by atoms with E-state index in [0.29, 0.717) is 23.6 Å². The van der Waals surface area contributed by atoms with Crippen LogP contribution in [0.3, 0.4) is 0 Å². The van der Waals surface area contributed by atoms with Gasteiger partial charge in [-0.2, -0.15) is 0 Å². The molecule has 0 bridgehead atoms. The van der Waals surface area contributed by atoms with Gasteiger partial charge in [-0.05, 0) is 37.7 Å². The van der Waals surface area contributed by atoms with E-state index in [1.165, 1.54) is 0 Å². The van der Waals surface area contributed by atoms with Crippen LogP contribution in [0.15, 0.2) is 18.2 Å². The molecule has 6 nitrogen and oxygen atoms in total. The molecule has 134 valence electrons. The summed E-state index contributed by atoms with van der Waals surface area (Å²) in [5.74, 6) is 1.12. The zero-order valence-electron chi connectivity index (χ0n) is 15.0. The second-order valence-electron chi connectivity index (χ2n) is 5.96. The fourth-order valence-corrected chi connectivity index (χ4v) is 2.91. The van der Waals surface area contributed by atoms with Crippen LogP contribution in [0.1, 0.15) is 23.7 Å². The van der Waals surface area contributed by atoms with Crippen molar-refractivity contribution in [2.45, 2.75) is 13.3 Å². The van der Waals surface area contributed by atoms with E-state index in [0.717, 1.165) is 45.7 Å². The third-order valence-electron chi connectivity index (χ3n) is 4.49. The summed E-state index contributed by atoms with van der Waals surface area (Å²) in [6, 6.07) is 5.21. The summed E-state index contributed by atoms with van der Waals surface area (Å²) < 4.78 is 10.4. The molecule has 1 aromatic carbocycles. The van der Waals surface area contributed by atoms with E-state index in [-0.39, 0.29) is 5.91 Å². The number of rotatable bonds is 8. The molecule has 1 heterocycles. The summed E-state index contributed by atoms with van der Waals surface area (Å²) in [4.78, 5) is 17.2. The highest BCUT2D eigenvalue weighted by molar-refractivity contribution is 5.94. The normalized spacial score (nSPS) is 16.0. The number of piperazine rings is 1. The Hall–Kier alpha value is -1.79. The molecule has 2 rings (SSSR count). The molecule has 1 saturated heterocycles. The van der Waals surface area contributed by atoms with E-state index in [9.17, 15) is 4.79 Å². The Morgan fingerprint density at radius 2 is 1.75 bits per heavy atom. The molecular weight excluding hydrogens is 306 g/mol. The van der Waals surface area contributed by atoms with Crippen molar-refractivity contribution in [2.75, 3.05) is 60.0 Å². The average Bonchev–Trinajstić information content (AvgIpc) is 2.64. The van der Waals surface area contributed by atoms with Gasteiger partial charge in [-0.1, -0.05) is 6.92 Å². The maximum atomic E-state index is 12.2. The lowest BCUT2D eigenvalue weighted by atomic mass is 10.2. The Labute approximate surface area is 144 Å². The average molecular weight is 335 g/mol. The third kappa shape index (κ3) is 5.11. The van der Waals surface area contributed by atoms with Crippen LogP contribution in [-0.2, 0) is 0 Å². The lowest BCUT2D eigenvalue weighted by Gasteiger charge is -2.33. The van der Waals surface area contributed by atoms with Gasteiger partial charge in [-0.25, -0.2) is 0 Å². The van der Waals surface area contributed by atoms with Gasteiger partial charge < -0.3 is 24.6 Å². The molecule has 1 amide bonds. The van der Waals surface area contributed by atoms with E-state index < -0.39 is 0 Å².